The molecule has 0 atom stereocenters. The summed E-state index contributed by atoms with van der Waals surface area (Å²) in [7, 11) is -3.77. The maximum Gasteiger partial charge on any atom is 0.243 e. The van der Waals surface area contributed by atoms with Gasteiger partial charge in [0.15, 0.2) is 0 Å². The van der Waals surface area contributed by atoms with Gasteiger partial charge in [-0.2, -0.15) is 4.31 Å². The number of sulfonamides is 1. The summed E-state index contributed by atoms with van der Waals surface area (Å²) in [6.07, 6.45) is 0. The number of nitrogens with one attached hydrogen (secondary N) is 1. The quantitative estimate of drug-likeness (QED) is 0.938. The van der Waals surface area contributed by atoms with Crippen LogP contribution in [0.4, 0.5) is 10.1 Å². The Morgan fingerprint density at radius 2 is 1.74 bits per heavy atom. The molecule has 1 N–H and O–H groups in total. The highest BCUT2D eigenvalue weighted by Crippen LogP contribution is 2.30. The van der Waals surface area contributed by atoms with Gasteiger partial charge in [-0.1, -0.05) is 24.3 Å². The van der Waals surface area contributed by atoms with Gasteiger partial charge in [0, 0.05) is 20.0 Å². The van der Waals surface area contributed by atoms with Crippen molar-refractivity contribution >= 4 is 21.6 Å². The van der Waals surface area contributed by atoms with Crippen LogP contribution in [0.1, 0.15) is 18.1 Å². The van der Waals surface area contributed by atoms with E-state index in [9.17, 15) is 17.6 Å². The van der Waals surface area contributed by atoms with E-state index in [-0.39, 0.29) is 23.7 Å². The van der Waals surface area contributed by atoms with Crippen LogP contribution in [0.5, 0.6) is 0 Å². The van der Waals surface area contributed by atoms with E-state index in [2.05, 4.69) is 5.32 Å². The van der Waals surface area contributed by atoms with Crippen LogP contribution in [-0.2, 0) is 27.9 Å². The zero-order valence-electron chi connectivity index (χ0n) is 12.4. The Morgan fingerprint density at radius 3 is 2.30 bits per heavy atom. The average molecular weight is 334 g/mol. The Balaban J connectivity index is 1.94. The molecule has 0 unspecified atom stereocenters. The molecule has 120 valence electrons. The van der Waals surface area contributed by atoms with E-state index in [0.29, 0.717) is 0 Å². The Hall–Kier alpha value is -2.25. The van der Waals surface area contributed by atoms with Gasteiger partial charge in [-0.05, 0) is 29.3 Å². The van der Waals surface area contributed by atoms with Crippen LogP contribution in [0, 0.1) is 5.82 Å². The smallest absolute Gasteiger partial charge is 0.243 e. The van der Waals surface area contributed by atoms with Gasteiger partial charge in [-0.3, -0.25) is 4.79 Å². The Kier molecular flexibility index (Phi) is 3.91. The van der Waals surface area contributed by atoms with Crippen LogP contribution in [0.3, 0.4) is 0 Å². The second kappa shape index (κ2) is 5.75. The molecule has 3 rings (SSSR count). The standard InChI is InChI=1S/C16H15FN2O3S/c1-11(20)18-16-8-14(6-7-15(16)17)23(21,22)19-9-12-4-2-3-5-13(12)10-19/h2-8H,9-10H2,1H3,(H,18,20). The second-order valence-corrected chi connectivity index (χ2v) is 7.30. The highest BCUT2D eigenvalue weighted by atomic mass is 32.2. The molecule has 1 amide bonds. The van der Waals surface area contributed by atoms with Crippen molar-refractivity contribution < 1.29 is 17.6 Å². The predicted octanol–water partition coefficient (Wildman–Crippen LogP) is 2.49. The summed E-state index contributed by atoms with van der Waals surface area (Å²) in [4.78, 5) is 11.0. The van der Waals surface area contributed by atoms with Crippen LogP contribution < -0.4 is 5.32 Å². The number of hydrogen-bond acceptors (Lipinski definition) is 3. The highest BCUT2D eigenvalue weighted by Gasteiger charge is 2.30. The fraction of sp³-hybridized carbons (Fsp3) is 0.188. The van der Waals surface area contributed by atoms with Gasteiger partial charge in [0.1, 0.15) is 5.82 Å². The lowest BCUT2D eigenvalue weighted by Gasteiger charge is -2.16. The third-order valence-electron chi connectivity index (χ3n) is 3.70. The molecule has 0 saturated carbocycles. The molecule has 0 spiro atoms. The number of rotatable bonds is 3. The molecule has 0 radical (unpaired) electrons. The van der Waals surface area contributed by atoms with E-state index in [1.807, 2.05) is 24.3 Å². The van der Waals surface area contributed by atoms with E-state index in [1.165, 1.54) is 17.3 Å². The molecule has 0 fully saturated rings. The lowest BCUT2D eigenvalue weighted by molar-refractivity contribution is -0.114. The van der Waals surface area contributed by atoms with Gasteiger partial charge in [0.25, 0.3) is 0 Å². The first-order valence-corrected chi connectivity index (χ1v) is 8.46. The summed E-state index contributed by atoms with van der Waals surface area (Å²) in [6, 6.07) is 10.9. The van der Waals surface area contributed by atoms with Gasteiger partial charge in [0.05, 0.1) is 10.6 Å². The molecular formula is C16H15FN2O3S. The van der Waals surface area contributed by atoms with Crippen molar-refractivity contribution in [3.05, 3.63) is 59.4 Å². The molecule has 2 aromatic rings. The molecular weight excluding hydrogens is 319 g/mol. The molecule has 1 aliphatic rings. The van der Waals surface area contributed by atoms with Crippen molar-refractivity contribution in [2.24, 2.45) is 0 Å². The zero-order valence-corrected chi connectivity index (χ0v) is 13.2. The third kappa shape index (κ3) is 2.97. The number of carbonyl (C=O) groups excluding carboxylic acids is 1. The zero-order chi connectivity index (χ0) is 16.6. The summed E-state index contributed by atoms with van der Waals surface area (Å²) in [5.41, 5.74) is 1.77. The van der Waals surface area contributed by atoms with Crippen LogP contribution >= 0.6 is 0 Å². The Bertz CT molecular complexity index is 856. The van der Waals surface area contributed by atoms with E-state index < -0.39 is 21.7 Å². The number of carbonyl (C=O) groups is 1. The van der Waals surface area contributed by atoms with Gasteiger partial charge >= 0.3 is 0 Å². The normalized spacial score (nSPS) is 14.5. The molecule has 1 aliphatic heterocycles. The molecule has 1 heterocycles. The fourth-order valence-corrected chi connectivity index (χ4v) is 3.99. The van der Waals surface area contributed by atoms with Crippen LogP contribution in [0.25, 0.3) is 0 Å². The monoisotopic (exact) mass is 334 g/mol. The lowest BCUT2D eigenvalue weighted by atomic mass is 10.1. The van der Waals surface area contributed by atoms with Crippen molar-refractivity contribution in [1.29, 1.82) is 0 Å². The Labute approximate surface area is 133 Å². The summed E-state index contributed by atoms with van der Waals surface area (Å²) in [5.74, 6) is -1.14. The summed E-state index contributed by atoms with van der Waals surface area (Å²) in [5, 5.41) is 2.30. The number of nitrogens with zero attached hydrogens (tertiary/aromatic N) is 1. The predicted molar refractivity (Wildman–Crippen MR) is 83.6 cm³/mol. The van der Waals surface area contributed by atoms with E-state index in [4.69, 9.17) is 0 Å². The van der Waals surface area contributed by atoms with Crippen molar-refractivity contribution in [3.8, 4) is 0 Å². The number of anilines is 1. The summed E-state index contributed by atoms with van der Waals surface area (Å²) < 4.78 is 40.5. The Morgan fingerprint density at radius 1 is 1.13 bits per heavy atom. The SMILES string of the molecule is CC(=O)Nc1cc(S(=O)(=O)N2Cc3ccccc3C2)ccc1F. The average Bonchev–Trinajstić information content (AvgIpc) is 2.93. The number of benzene rings is 2. The minimum atomic E-state index is -3.77. The third-order valence-corrected chi connectivity index (χ3v) is 5.49. The number of halogens is 1. The fourth-order valence-electron chi connectivity index (χ4n) is 2.57. The highest BCUT2D eigenvalue weighted by molar-refractivity contribution is 7.89. The summed E-state index contributed by atoms with van der Waals surface area (Å²) in [6.45, 7) is 1.80. The van der Waals surface area contributed by atoms with Crippen LogP contribution in [-0.4, -0.2) is 18.6 Å². The maximum atomic E-state index is 13.7. The van der Waals surface area contributed by atoms with Gasteiger partial charge in [-0.15, -0.1) is 0 Å². The number of fused-ring (bicyclic) bond motifs is 1. The number of amides is 1. The molecule has 7 heteroatoms. The van der Waals surface area contributed by atoms with Crippen molar-refractivity contribution in [2.45, 2.75) is 24.9 Å². The molecule has 2 aromatic carbocycles. The van der Waals surface area contributed by atoms with Crippen LogP contribution in [0.2, 0.25) is 0 Å². The van der Waals surface area contributed by atoms with E-state index in [0.717, 1.165) is 23.3 Å². The van der Waals surface area contributed by atoms with Gasteiger partial charge in [-0.25, -0.2) is 12.8 Å². The van der Waals surface area contributed by atoms with Crippen LogP contribution in [0.15, 0.2) is 47.4 Å². The number of hydrogen-bond donors (Lipinski definition) is 1. The van der Waals surface area contributed by atoms with E-state index in [1.54, 1.807) is 0 Å². The lowest BCUT2D eigenvalue weighted by Crippen LogP contribution is -2.25. The first-order chi connectivity index (χ1) is 10.9. The second-order valence-electron chi connectivity index (χ2n) is 5.36. The van der Waals surface area contributed by atoms with Gasteiger partial charge < -0.3 is 5.32 Å². The largest absolute Gasteiger partial charge is 0.324 e. The molecule has 23 heavy (non-hydrogen) atoms. The molecule has 0 aromatic heterocycles. The molecule has 0 saturated heterocycles. The summed E-state index contributed by atoms with van der Waals surface area (Å²) >= 11 is 0. The molecule has 0 aliphatic carbocycles. The minimum Gasteiger partial charge on any atom is -0.324 e. The van der Waals surface area contributed by atoms with Crippen molar-refractivity contribution in [3.63, 3.8) is 0 Å². The molecule has 5 nitrogen and oxygen atoms in total. The topological polar surface area (TPSA) is 66.5 Å². The maximum absolute atomic E-state index is 13.7. The minimum absolute atomic E-state index is 0.0459. The first-order valence-electron chi connectivity index (χ1n) is 7.02. The van der Waals surface area contributed by atoms with Crippen molar-refractivity contribution in [2.75, 3.05) is 5.32 Å². The van der Waals surface area contributed by atoms with E-state index >= 15 is 0 Å². The van der Waals surface area contributed by atoms with Gasteiger partial charge in [0.2, 0.25) is 15.9 Å². The van der Waals surface area contributed by atoms with Crippen molar-refractivity contribution in [1.82, 2.24) is 4.31 Å². The molecule has 0 bridgehead atoms. The first kappa shape index (κ1) is 15.6.